The Kier molecular flexibility index (Phi) is 3.25. The van der Waals surface area contributed by atoms with Gasteiger partial charge in [0.25, 0.3) is 5.91 Å². The largest absolute Gasteiger partial charge is 0.360 e. The Morgan fingerprint density at radius 3 is 3.16 bits per heavy atom. The normalized spacial score (nSPS) is 19.2. The van der Waals surface area contributed by atoms with E-state index >= 15 is 0 Å². The molecule has 1 fully saturated rings. The number of carbonyl (C=O) groups excluding carboxylic acids is 1. The molecule has 1 amide bonds. The summed E-state index contributed by atoms with van der Waals surface area (Å²) in [5.41, 5.74) is 1.81. The summed E-state index contributed by atoms with van der Waals surface area (Å²) in [6, 6.07) is 8.28. The van der Waals surface area contributed by atoms with Crippen LogP contribution in [-0.2, 0) is 0 Å². The average Bonchev–Trinajstić information content (AvgIpc) is 3.04. The van der Waals surface area contributed by atoms with Crippen LogP contribution in [0.4, 0.5) is 0 Å². The summed E-state index contributed by atoms with van der Waals surface area (Å²) in [6.45, 7) is 1.73. The molecule has 1 saturated heterocycles. The fourth-order valence-corrected chi connectivity index (χ4v) is 2.95. The monoisotopic (exact) mass is 257 g/mol. The number of aromatic nitrogens is 1. The SMILES string of the molecule is CNCC1CCCN1C(=O)c1c[nH]c2ccccc12. The highest BCUT2D eigenvalue weighted by Gasteiger charge is 2.29. The van der Waals surface area contributed by atoms with Crippen molar-refractivity contribution in [3.05, 3.63) is 36.0 Å². The Bertz CT molecular complexity index is 590. The van der Waals surface area contributed by atoms with Gasteiger partial charge in [-0.1, -0.05) is 18.2 Å². The van der Waals surface area contributed by atoms with E-state index in [0.29, 0.717) is 6.04 Å². The molecule has 0 spiro atoms. The summed E-state index contributed by atoms with van der Waals surface area (Å²) in [5, 5.41) is 4.19. The lowest BCUT2D eigenvalue weighted by molar-refractivity contribution is 0.0739. The van der Waals surface area contributed by atoms with Gasteiger partial charge >= 0.3 is 0 Å². The van der Waals surface area contributed by atoms with Crippen LogP contribution in [0.25, 0.3) is 10.9 Å². The number of H-pyrrole nitrogens is 1. The number of likely N-dealkylation sites (N-methyl/N-ethyl adjacent to an activating group) is 1. The van der Waals surface area contributed by atoms with Gasteiger partial charge in [-0.3, -0.25) is 4.79 Å². The molecule has 0 radical (unpaired) electrons. The van der Waals surface area contributed by atoms with Crippen molar-refractivity contribution < 1.29 is 4.79 Å². The Morgan fingerprint density at radius 2 is 2.32 bits per heavy atom. The van der Waals surface area contributed by atoms with Gasteiger partial charge in [0.2, 0.25) is 0 Å². The zero-order chi connectivity index (χ0) is 13.2. The number of aromatic amines is 1. The minimum Gasteiger partial charge on any atom is -0.360 e. The van der Waals surface area contributed by atoms with Crippen molar-refractivity contribution in [2.75, 3.05) is 20.1 Å². The van der Waals surface area contributed by atoms with Crippen LogP contribution in [0.5, 0.6) is 0 Å². The van der Waals surface area contributed by atoms with E-state index in [1.165, 1.54) is 0 Å². The molecule has 4 nitrogen and oxygen atoms in total. The molecule has 100 valence electrons. The van der Waals surface area contributed by atoms with E-state index in [0.717, 1.165) is 42.4 Å². The average molecular weight is 257 g/mol. The molecule has 1 atom stereocenters. The molecule has 0 saturated carbocycles. The van der Waals surface area contributed by atoms with Crippen molar-refractivity contribution in [3.63, 3.8) is 0 Å². The van der Waals surface area contributed by atoms with Crippen molar-refractivity contribution in [1.29, 1.82) is 0 Å². The minimum absolute atomic E-state index is 0.148. The molecule has 1 aliphatic heterocycles. The highest BCUT2D eigenvalue weighted by Crippen LogP contribution is 2.24. The third-order valence-corrected chi connectivity index (χ3v) is 3.90. The van der Waals surface area contributed by atoms with E-state index < -0.39 is 0 Å². The summed E-state index contributed by atoms with van der Waals surface area (Å²) >= 11 is 0. The maximum Gasteiger partial charge on any atom is 0.256 e. The van der Waals surface area contributed by atoms with Gasteiger partial charge in [0.15, 0.2) is 0 Å². The molecule has 2 heterocycles. The summed E-state index contributed by atoms with van der Waals surface area (Å²) in [6.07, 6.45) is 4.02. The number of carbonyl (C=O) groups is 1. The second kappa shape index (κ2) is 5.05. The van der Waals surface area contributed by atoms with Gasteiger partial charge in [-0.05, 0) is 26.0 Å². The first-order chi connectivity index (χ1) is 9.31. The molecule has 0 bridgehead atoms. The number of rotatable bonds is 3. The molecule has 1 aliphatic rings. The lowest BCUT2D eigenvalue weighted by Gasteiger charge is -2.24. The number of hydrogen-bond donors (Lipinski definition) is 2. The van der Waals surface area contributed by atoms with Gasteiger partial charge < -0.3 is 15.2 Å². The number of para-hydroxylation sites is 1. The molecule has 0 aliphatic carbocycles. The van der Waals surface area contributed by atoms with E-state index in [4.69, 9.17) is 0 Å². The second-order valence-electron chi connectivity index (χ2n) is 5.10. The Labute approximate surface area is 112 Å². The summed E-state index contributed by atoms with van der Waals surface area (Å²) < 4.78 is 0. The highest BCUT2D eigenvalue weighted by atomic mass is 16.2. The molecular weight excluding hydrogens is 238 g/mol. The minimum atomic E-state index is 0.148. The van der Waals surface area contributed by atoms with Crippen LogP contribution < -0.4 is 5.32 Å². The van der Waals surface area contributed by atoms with Crippen molar-refractivity contribution in [1.82, 2.24) is 15.2 Å². The molecular formula is C15H19N3O. The predicted molar refractivity (Wildman–Crippen MR) is 76.3 cm³/mol. The summed E-state index contributed by atoms with van der Waals surface area (Å²) in [4.78, 5) is 17.9. The van der Waals surface area contributed by atoms with Crippen molar-refractivity contribution >= 4 is 16.8 Å². The Hall–Kier alpha value is -1.81. The number of likely N-dealkylation sites (tertiary alicyclic amines) is 1. The third-order valence-electron chi connectivity index (χ3n) is 3.90. The topological polar surface area (TPSA) is 48.1 Å². The quantitative estimate of drug-likeness (QED) is 0.883. The van der Waals surface area contributed by atoms with E-state index in [1.807, 2.05) is 42.4 Å². The standard InChI is InChI=1S/C15H19N3O/c1-16-9-11-5-4-8-18(11)15(19)13-10-17-14-7-3-2-6-12(13)14/h2-3,6-7,10-11,16-17H,4-5,8-9H2,1H3. The second-order valence-corrected chi connectivity index (χ2v) is 5.10. The Balaban J connectivity index is 1.91. The first-order valence-electron chi connectivity index (χ1n) is 6.83. The summed E-state index contributed by atoms with van der Waals surface area (Å²) in [5.74, 6) is 0.148. The molecule has 1 aromatic carbocycles. The first-order valence-corrected chi connectivity index (χ1v) is 6.83. The predicted octanol–water partition coefficient (Wildman–Crippen LogP) is 1.99. The lowest BCUT2D eigenvalue weighted by Crippen LogP contribution is -2.40. The van der Waals surface area contributed by atoms with E-state index in [-0.39, 0.29) is 5.91 Å². The smallest absolute Gasteiger partial charge is 0.256 e. The maximum atomic E-state index is 12.7. The van der Waals surface area contributed by atoms with Crippen LogP contribution in [-0.4, -0.2) is 42.0 Å². The van der Waals surface area contributed by atoms with E-state index in [9.17, 15) is 4.79 Å². The van der Waals surface area contributed by atoms with Crippen LogP contribution in [0.1, 0.15) is 23.2 Å². The molecule has 19 heavy (non-hydrogen) atoms. The molecule has 1 aromatic heterocycles. The van der Waals surface area contributed by atoms with E-state index in [2.05, 4.69) is 10.3 Å². The Morgan fingerprint density at radius 1 is 1.47 bits per heavy atom. The van der Waals surface area contributed by atoms with Crippen LogP contribution in [0, 0.1) is 0 Å². The van der Waals surface area contributed by atoms with Gasteiger partial charge in [0, 0.05) is 36.2 Å². The first kappa shape index (κ1) is 12.2. The number of hydrogen-bond acceptors (Lipinski definition) is 2. The number of nitrogens with one attached hydrogen (secondary N) is 2. The van der Waals surface area contributed by atoms with Gasteiger partial charge in [0.1, 0.15) is 0 Å². The molecule has 2 N–H and O–H groups in total. The highest BCUT2D eigenvalue weighted by molar-refractivity contribution is 6.06. The third kappa shape index (κ3) is 2.12. The fourth-order valence-electron chi connectivity index (χ4n) is 2.95. The molecule has 1 unspecified atom stereocenters. The van der Waals surface area contributed by atoms with Crippen LogP contribution in [0.15, 0.2) is 30.5 Å². The fraction of sp³-hybridized carbons (Fsp3) is 0.400. The number of amides is 1. The molecule has 2 aromatic rings. The molecule has 3 rings (SSSR count). The van der Waals surface area contributed by atoms with E-state index in [1.54, 1.807) is 0 Å². The van der Waals surface area contributed by atoms with Crippen molar-refractivity contribution in [2.45, 2.75) is 18.9 Å². The number of nitrogens with zero attached hydrogens (tertiary/aromatic N) is 1. The van der Waals surface area contributed by atoms with Crippen LogP contribution in [0.3, 0.4) is 0 Å². The van der Waals surface area contributed by atoms with Gasteiger partial charge in [-0.2, -0.15) is 0 Å². The van der Waals surface area contributed by atoms with Gasteiger partial charge in [0.05, 0.1) is 5.56 Å². The lowest BCUT2D eigenvalue weighted by atomic mass is 10.1. The van der Waals surface area contributed by atoms with Crippen LogP contribution >= 0.6 is 0 Å². The van der Waals surface area contributed by atoms with Crippen molar-refractivity contribution in [3.8, 4) is 0 Å². The van der Waals surface area contributed by atoms with Crippen LogP contribution in [0.2, 0.25) is 0 Å². The maximum absolute atomic E-state index is 12.7. The van der Waals surface area contributed by atoms with Gasteiger partial charge in [-0.15, -0.1) is 0 Å². The number of fused-ring (bicyclic) bond motifs is 1. The molecule has 4 heteroatoms. The van der Waals surface area contributed by atoms with Gasteiger partial charge in [-0.25, -0.2) is 0 Å². The zero-order valence-electron chi connectivity index (χ0n) is 11.1. The van der Waals surface area contributed by atoms with Crippen molar-refractivity contribution in [2.24, 2.45) is 0 Å². The zero-order valence-corrected chi connectivity index (χ0v) is 11.1. The number of benzene rings is 1. The summed E-state index contributed by atoms with van der Waals surface area (Å²) in [7, 11) is 1.94.